The Balaban J connectivity index is 1.26. The number of nitrogens with one attached hydrogen (secondary N) is 2. The summed E-state index contributed by atoms with van der Waals surface area (Å²) in [5, 5.41) is 11.4. The normalized spacial score (nSPS) is 16.2. The fourth-order valence-corrected chi connectivity index (χ4v) is 5.88. The van der Waals surface area contributed by atoms with Crippen LogP contribution < -0.4 is 15.4 Å². The maximum Gasteiger partial charge on any atom is 0.260 e. The van der Waals surface area contributed by atoms with Gasteiger partial charge in [0.05, 0.1) is 18.8 Å². The van der Waals surface area contributed by atoms with Crippen molar-refractivity contribution in [2.75, 3.05) is 43.5 Å². The average Bonchev–Trinajstić information content (AvgIpc) is 3.46. The van der Waals surface area contributed by atoms with Crippen LogP contribution in [0.1, 0.15) is 24.1 Å². The molecule has 3 heterocycles. The summed E-state index contributed by atoms with van der Waals surface area (Å²) in [5.74, 6) is 0.679. The molecule has 12 heteroatoms. The predicted octanol–water partition coefficient (Wildman–Crippen LogP) is 4.87. The van der Waals surface area contributed by atoms with Crippen LogP contribution in [0, 0.1) is 5.82 Å². The van der Waals surface area contributed by atoms with E-state index in [2.05, 4.69) is 15.6 Å². The number of amides is 2. The lowest BCUT2D eigenvalue weighted by Gasteiger charge is -2.29. The van der Waals surface area contributed by atoms with Gasteiger partial charge in [-0.2, -0.15) is 4.98 Å². The molecule has 2 aliphatic rings. The number of para-hydroxylation sites is 1. The molecule has 1 aromatic heterocycles. The standard InChI is InChI=1S/C32H31FN6O4S/c1-21-28(30(41)35-24-8-3-2-4-9-24)29(22-11-13-25(14-12-22)43-19-27(40)38-15-17-42-18-16-38)39-31(34-21)36-32(37-39)44-20-23-7-5-6-10-26(23)33/h2-14,29H,15-20H2,1H3,(H,35,41)(H,34,36,37). The van der Waals surface area contributed by atoms with Gasteiger partial charge in [0.25, 0.3) is 11.8 Å². The largest absolute Gasteiger partial charge is 0.484 e. The number of thioether (sulfide) groups is 1. The molecule has 0 saturated carbocycles. The van der Waals surface area contributed by atoms with E-state index in [1.165, 1.54) is 17.8 Å². The lowest BCUT2D eigenvalue weighted by Crippen LogP contribution is -2.42. The summed E-state index contributed by atoms with van der Waals surface area (Å²) in [6, 6.07) is 22.5. The zero-order valence-corrected chi connectivity index (χ0v) is 24.9. The summed E-state index contributed by atoms with van der Waals surface area (Å²) in [6.07, 6.45) is 0. The molecule has 1 fully saturated rings. The number of benzene rings is 3. The van der Waals surface area contributed by atoms with Crippen LogP contribution in [-0.4, -0.2) is 64.4 Å². The Kier molecular flexibility index (Phi) is 8.89. The highest BCUT2D eigenvalue weighted by Gasteiger charge is 2.34. The van der Waals surface area contributed by atoms with E-state index in [1.54, 1.807) is 39.9 Å². The number of rotatable bonds is 9. The third-order valence-corrected chi connectivity index (χ3v) is 8.23. The number of fused-ring (bicyclic) bond motifs is 1. The Morgan fingerprint density at radius 2 is 1.77 bits per heavy atom. The van der Waals surface area contributed by atoms with Crippen LogP contribution in [0.3, 0.4) is 0 Å². The molecule has 6 rings (SSSR count). The Morgan fingerprint density at radius 1 is 1.05 bits per heavy atom. The molecular formula is C32H31FN6O4S. The maximum absolute atomic E-state index is 14.2. The van der Waals surface area contributed by atoms with Gasteiger partial charge in [0, 0.05) is 30.2 Å². The third kappa shape index (κ3) is 6.61. The zero-order chi connectivity index (χ0) is 30.5. The molecule has 0 aliphatic carbocycles. The molecule has 0 spiro atoms. The zero-order valence-electron chi connectivity index (χ0n) is 24.0. The molecule has 2 amide bonds. The topological polar surface area (TPSA) is 111 Å². The molecule has 2 aliphatic heterocycles. The van der Waals surface area contributed by atoms with Gasteiger partial charge in [-0.1, -0.05) is 60.3 Å². The first-order valence-electron chi connectivity index (χ1n) is 14.2. The molecule has 44 heavy (non-hydrogen) atoms. The number of carbonyl (C=O) groups excluding carboxylic acids is 2. The SMILES string of the molecule is CC1=C(C(=O)Nc2ccccc2)C(c2ccc(OCC(=O)N3CCOCC3)cc2)n2nc(SCc3ccccc3F)nc2N1. The lowest BCUT2D eigenvalue weighted by molar-refractivity contribution is -0.137. The maximum atomic E-state index is 14.2. The van der Waals surface area contributed by atoms with Gasteiger partial charge in [0.1, 0.15) is 17.6 Å². The van der Waals surface area contributed by atoms with E-state index in [0.717, 1.165) is 5.56 Å². The smallest absolute Gasteiger partial charge is 0.260 e. The van der Waals surface area contributed by atoms with Gasteiger partial charge in [-0.25, -0.2) is 9.07 Å². The van der Waals surface area contributed by atoms with Gasteiger partial charge < -0.3 is 25.0 Å². The molecule has 226 valence electrons. The first-order valence-corrected chi connectivity index (χ1v) is 15.2. The van der Waals surface area contributed by atoms with Crippen LogP contribution in [0.4, 0.5) is 16.0 Å². The first kappa shape index (κ1) is 29.4. The molecule has 1 atom stereocenters. The summed E-state index contributed by atoms with van der Waals surface area (Å²) in [5.41, 5.74) is 3.08. The van der Waals surface area contributed by atoms with Crippen molar-refractivity contribution >= 4 is 35.2 Å². The summed E-state index contributed by atoms with van der Waals surface area (Å²) in [6.45, 7) is 3.90. The summed E-state index contributed by atoms with van der Waals surface area (Å²) >= 11 is 1.31. The van der Waals surface area contributed by atoms with Crippen molar-refractivity contribution in [3.63, 3.8) is 0 Å². The van der Waals surface area contributed by atoms with Gasteiger partial charge in [0.15, 0.2) is 6.61 Å². The minimum absolute atomic E-state index is 0.0771. The fourth-order valence-electron chi connectivity index (χ4n) is 5.07. The monoisotopic (exact) mass is 614 g/mol. The van der Waals surface area contributed by atoms with Crippen LogP contribution in [0.5, 0.6) is 5.75 Å². The van der Waals surface area contributed by atoms with Gasteiger partial charge in [-0.15, -0.1) is 5.10 Å². The minimum Gasteiger partial charge on any atom is -0.484 e. The number of ether oxygens (including phenoxy) is 2. The number of hydrogen-bond acceptors (Lipinski definition) is 8. The number of aromatic nitrogens is 3. The van der Waals surface area contributed by atoms with Gasteiger partial charge >= 0.3 is 0 Å². The highest BCUT2D eigenvalue weighted by molar-refractivity contribution is 7.98. The van der Waals surface area contributed by atoms with Gasteiger partial charge in [-0.05, 0) is 48.4 Å². The molecule has 1 unspecified atom stereocenters. The van der Waals surface area contributed by atoms with E-state index >= 15 is 0 Å². The van der Waals surface area contributed by atoms with Crippen molar-refractivity contribution < 1.29 is 23.5 Å². The van der Waals surface area contributed by atoms with Crippen molar-refractivity contribution in [2.24, 2.45) is 0 Å². The molecule has 3 aromatic carbocycles. The van der Waals surface area contributed by atoms with Crippen LogP contribution in [0.25, 0.3) is 0 Å². The molecule has 4 aromatic rings. The molecule has 10 nitrogen and oxygen atoms in total. The second-order valence-electron chi connectivity index (χ2n) is 10.3. The number of carbonyl (C=O) groups is 2. The predicted molar refractivity (Wildman–Crippen MR) is 165 cm³/mol. The number of allylic oxidation sites excluding steroid dienone is 1. The van der Waals surface area contributed by atoms with Crippen LogP contribution in [-0.2, 0) is 20.1 Å². The Labute approximate surface area is 258 Å². The van der Waals surface area contributed by atoms with Gasteiger partial charge in [0.2, 0.25) is 11.1 Å². The van der Waals surface area contributed by atoms with Crippen LogP contribution in [0.15, 0.2) is 95.3 Å². The van der Waals surface area contributed by atoms with E-state index in [0.29, 0.717) is 71.4 Å². The van der Waals surface area contributed by atoms with Crippen LogP contribution >= 0.6 is 11.8 Å². The number of halogens is 1. The first-order chi connectivity index (χ1) is 21.5. The fraction of sp³-hybridized carbons (Fsp3) is 0.250. The highest BCUT2D eigenvalue weighted by Crippen LogP contribution is 2.37. The third-order valence-electron chi connectivity index (χ3n) is 7.35. The number of anilines is 2. The average molecular weight is 615 g/mol. The second-order valence-corrected chi connectivity index (χ2v) is 11.2. The highest BCUT2D eigenvalue weighted by atomic mass is 32.2. The lowest BCUT2D eigenvalue weighted by atomic mass is 9.95. The summed E-state index contributed by atoms with van der Waals surface area (Å²) in [7, 11) is 0. The molecular weight excluding hydrogens is 583 g/mol. The summed E-state index contributed by atoms with van der Waals surface area (Å²) < 4.78 is 27.0. The van der Waals surface area contributed by atoms with Gasteiger partial charge in [-0.3, -0.25) is 9.59 Å². The Hall–Kier alpha value is -4.68. The molecule has 0 bridgehead atoms. The Morgan fingerprint density at radius 3 is 2.52 bits per heavy atom. The number of morpholine rings is 1. The van der Waals surface area contributed by atoms with E-state index in [9.17, 15) is 14.0 Å². The van der Waals surface area contributed by atoms with E-state index in [-0.39, 0.29) is 24.2 Å². The number of hydrogen-bond donors (Lipinski definition) is 2. The van der Waals surface area contributed by atoms with E-state index in [1.807, 2.05) is 49.4 Å². The summed E-state index contributed by atoms with van der Waals surface area (Å²) in [4.78, 5) is 32.6. The van der Waals surface area contributed by atoms with Crippen molar-refractivity contribution in [3.8, 4) is 5.75 Å². The molecule has 2 N–H and O–H groups in total. The Bertz CT molecular complexity index is 1670. The quantitative estimate of drug-likeness (QED) is 0.257. The van der Waals surface area contributed by atoms with Crippen molar-refractivity contribution in [2.45, 2.75) is 23.9 Å². The molecule has 0 radical (unpaired) electrons. The minimum atomic E-state index is -0.616. The second kappa shape index (κ2) is 13.3. The van der Waals surface area contributed by atoms with E-state index in [4.69, 9.17) is 14.6 Å². The number of nitrogens with zero attached hydrogens (tertiary/aromatic N) is 4. The van der Waals surface area contributed by atoms with Crippen molar-refractivity contribution in [3.05, 3.63) is 107 Å². The van der Waals surface area contributed by atoms with E-state index < -0.39 is 6.04 Å². The molecule has 1 saturated heterocycles. The van der Waals surface area contributed by atoms with Crippen molar-refractivity contribution in [1.29, 1.82) is 0 Å². The van der Waals surface area contributed by atoms with Crippen LogP contribution in [0.2, 0.25) is 0 Å². The van der Waals surface area contributed by atoms with Crippen molar-refractivity contribution in [1.82, 2.24) is 19.7 Å².